The number of amides is 3. The Labute approximate surface area is 99.7 Å². The number of hydrogen-bond donors (Lipinski definition) is 2. The van der Waals surface area contributed by atoms with Crippen molar-refractivity contribution in [2.45, 2.75) is 25.8 Å². The number of rotatable bonds is 1. The van der Waals surface area contributed by atoms with Gasteiger partial charge in [-0.15, -0.1) is 0 Å². The van der Waals surface area contributed by atoms with Gasteiger partial charge in [0.05, 0.1) is 5.92 Å². The van der Waals surface area contributed by atoms with Crippen molar-refractivity contribution >= 4 is 17.7 Å². The fourth-order valence-electron chi connectivity index (χ4n) is 2.28. The number of nitrogens with one attached hydrogen (secondary N) is 2. The fraction of sp³-hybridized carbons (Fsp3) is 0.727. The Balaban J connectivity index is 2.06. The zero-order chi connectivity index (χ0) is 12.4. The van der Waals surface area contributed by atoms with Crippen LogP contribution in [0.15, 0.2) is 0 Å². The largest absolute Gasteiger partial charge is 0.321 e. The van der Waals surface area contributed by atoms with Gasteiger partial charge in [0, 0.05) is 6.54 Å². The number of carbonyl (C=O) groups excluding carboxylic acids is 3. The van der Waals surface area contributed by atoms with Gasteiger partial charge in [-0.05, 0) is 26.3 Å². The number of imide groups is 1. The molecule has 2 rings (SSSR count). The van der Waals surface area contributed by atoms with Crippen LogP contribution in [0.3, 0.4) is 0 Å². The van der Waals surface area contributed by atoms with Gasteiger partial charge < -0.3 is 10.2 Å². The summed E-state index contributed by atoms with van der Waals surface area (Å²) in [5.41, 5.74) is 0. The Morgan fingerprint density at radius 2 is 2.18 bits per heavy atom. The Morgan fingerprint density at radius 1 is 1.41 bits per heavy atom. The smallest absolute Gasteiger partial charge is 0.249 e. The molecular formula is C11H17N3O3. The molecule has 94 valence electrons. The third-order valence-corrected chi connectivity index (χ3v) is 3.35. The summed E-state index contributed by atoms with van der Waals surface area (Å²) in [6, 6.07) is -0.554. The van der Waals surface area contributed by atoms with Crippen molar-refractivity contribution in [3.8, 4) is 0 Å². The van der Waals surface area contributed by atoms with E-state index in [9.17, 15) is 14.4 Å². The second kappa shape index (κ2) is 4.83. The van der Waals surface area contributed by atoms with Crippen LogP contribution in [0.5, 0.6) is 0 Å². The van der Waals surface area contributed by atoms with Crippen LogP contribution in [0, 0.1) is 5.92 Å². The number of carbonyl (C=O) groups is 3. The van der Waals surface area contributed by atoms with E-state index in [-0.39, 0.29) is 18.4 Å². The normalized spacial score (nSPS) is 30.1. The molecule has 0 aromatic carbocycles. The van der Waals surface area contributed by atoms with Gasteiger partial charge >= 0.3 is 0 Å². The maximum atomic E-state index is 12.2. The third kappa shape index (κ3) is 2.46. The minimum absolute atomic E-state index is 0.0117. The van der Waals surface area contributed by atoms with Crippen LogP contribution in [0.25, 0.3) is 0 Å². The molecule has 0 spiro atoms. The van der Waals surface area contributed by atoms with Gasteiger partial charge in [-0.2, -0.15) is 0 Å². The van der Waals surface area contributed by atoms with E-state index >= 15 is 0 Å². The maximum absolute atomic E-state index is 12.2. The molecule has 0 saturated carbocycles. The van der Waals surface area contributed by atoms with Gasteiger partial charge in [-0.1, -0.05) is 0 Å². The minimum Gasteiger partial charge on any atom is -0.321 e. The van der Waals surface area contributed by atoms with E-state index in [1.54, 1.807) is 6.92 Å². The maximum Gasteiger partial charge on any atom is 0.249 e. The summed E-state index contributed by atoms with van der Waals surface area (Å²) in [5.74, 6) is -0.985. The molecule has 6 nitrogen and oxygen atoms in total. The molecule has 2 atom stereocenters. The van der Waals surface area contributed by atoms with Crippen molar-refractivity contribution in [1.29, 1.82) is 0 Å². The lowest BCUT2D eigenvalue weighted by molar-refractivity contribution is -0.151. The Kier molecular flexibility index (Phi) is 3.42. The van der Waals surface area contributed by atoms with Crippen LogP contribution in [0.2, 0.25) is 0 Å². The molecule has 2 aliphatic heterocycles. The first-order valence-electron chi connectivity index (χ1n) is 5.94. The number of piperidine rings is 1. The molecular weight excluding hydrogens is 222 g/mol. The van der Waals surface area contributed by atoms with Crippen molar-refractivity contribution < 1.29 is 14.4 Å². The highest BCUT2D eigenvalue weighted by molar-refractivity contribution is 6.04. The first-order valence-corrected chi connectivity index (χ1v) is 5.94. The Hall–Kier alpha value is -1.43. The zero-order valence-electron chi connectivity index (χ0n) is 9.86. The van der Waals surface area contributed by atoms with Crippen LogP contribution >= 0.6 is 0 Å². The summed E-state index contributed by atoms with van der Waals surface area (Å²) >= 11 is 0. The first kappa shape index (κ1) is 12.0. The molecule has 3 amide bonds. The van der Waals surface area contributed by atoms with E-state index in [4.69, 9.17) is 0 Å². The van der Waals surface area contributed by atoms with E-state index in [1.807, 2.05) is 0 Å². The number of hydrogen-bond acceptors (Lipinski definition) is 4. The average molecular weight is 239 g/mol. The van der Waals surface area contributed by atoms with Crippen LogP contribution < -0.4 is 10.6 Å². The molecule has 2 unspecified atom stereocenters. The topological polar surface area (TPSA) is 78.5 Å². The van der Waals surface area contributed by atoms with E-state index in [1.165, 1.54) is 4.90 Å². The van der Waals surface area contributed by atoms with Gasteiger partial charge in [0.1, 0.15) is 12.6 Å². The predicted molar refractivity (Wildman–Crippen MR) is 59.9 cm³/mol. The highest BCUT2D eigenvalue weighted by Gasteiger charge is 2.36. The Morgan fingerprint density at radius 3 is 2.82 bits per heavy atom. The molecule has 0 aromatic heterocycles. The predicted octanol–water partition coefficient (Wildman–Crippen LogP) is -1.14. The van der Waals surface area contributed by atoms with Crippen molar-refractivity contribution in [2.24, 2.45) is 5.92 Å². The lowest BCUT2D eigenvalue weighted by Crippen LogP contribution is -2.60. The minimum atomic E-state index is -0.554. The van der Waals surface area contributed by atoms with Crippen molar-refractivity contribution in [3.05, 3.63) is 0 Å². The highest BCUT2D eigenvalue weighted by Crippen LogP contribution is 2.16. The molecule has 2 N–H and O–H groups in total. The molecule has 0 radical (unpaired) electrons. The van der Waals surface area contributed by atoms with Crippen molar-refractivity contribution in [3.63, 3.8) is 0 Å². The number of nitrogens with zero attached hydrogens (tertiary/aromatic N) is 1. The van der Waals surface area contributed by atoms with Crippen LogP contribution in [0.1, 0.15) is 19.8 Å². The lowest BCUT2D eigenvalue weighted by Gasteiger charge is -2.35. The molecule has 2 aliphatic rings. The van der Waals surface area contributed by atoms with E-state index in [0.717, 1.165) is 19.4 Å². The van der Waals surface area contributed by atoms with Gasteiger partial charge in [0.15, 0.2) is 0 Å². The molecule has 0 aromatic rings. The lowest BCUT2D eigenvalue weighted by atomic mass is 9.97. The summed E-state index contributed by atoms with van der Waals surface area (Å²) in [6.45, 7) is 3.20. The standard InChI is InChI=1S/C11H17N3O3/c1-7-10(16)13-9(15)6-14(7)11(17)8-3-2-4-12-5-8/h7-8,12H,2-6H2,1H3,(H,13,15,16). The second-order valence-electron chi connectivity index (χ2n) is 4.60. The van der Waals surface area contributed by atoms with Crippen LogP contribution in [-0.4, -0.2) is 48.3 Å². The SMILES string of the molecule is CC1C(=O)NC(=O)CN1C(=O)C1CCCNC1. The summed E-state index contributed by atoms with van der Waals surface area (Å²) in [5, 5.41) is 5.39. The summed E-state index contributed by atoms with van der Waals surface area (Å²) in [6.07, 6.45) is 1.78. The second-order valence-corrected chi connectivity index (χ2v) is 4.60. The molecule has 0 bridgehead atoms. The van der Waals surface area contributed by atoms with Gasteiger partial charge in [-0.25, -0.2) is 0 Å². The van der Waals surface area contributed by atoms with E-state index in [2.05, 4.69) is 10.6 Å². The van der Waals surface area contributed by atoms with Gasteiger partial charge in [0.2, 0.25) is 17.7 Å². The van der Waals surface area contributed by atoms with Gasteiger partial charge in [-0.3, -0.25) is 19.7 Å². The fourth-order valence-corrected chi connectivity index (χ4v) is 2.28. The summed E-state index contributed by atoms with van der Waals surface area (Å²) in [4.78, 5) is 36.3. The molecule has 2 saturated heterocycles. The van der Waals surface area contributed by atoms with E-state index < -0.39 is 17.9 Å². The number of piperazine rings is 1. The van der Waals surface area contributed by atoms with Gasteiger partial charge in [0.25, 0.3) is 0 Å². The Bertz CT molecular complexity index is 350. The zero-order valence-corrected chi connectivity index (χ0v) is 9.86. The molecule has 2 fully saturated rings. The van der Waals surface area contributed by atoms with Crippen LogP contribution in [0.4, 0.5) is 0 Å². The van der Waals surface area contributed by atoms with Crippen molar-refractivity contribution in [2.75, 3.05) is 19.6 Å². The quantitative estimate of drug-likeness (QED) is 0.567. The molecule has 6 heteroatoms. The molecule has 17 heavy (non-hydrogen) atoms. The molecule has 2 heterocycles. The molecule has 0 aliphatic carbocycles. The van der Waals surface area contributed by atoms with E-state index in [0.29, 0.717) is 6.54 Å². The highest BCUT2D eigenvalue weighted by atomic mass is 16.2. The van der Waals surface area contributed by atoms with Crippen LogP contribution in [-0.2, 0) is 14.4 Å². The monoisotopic (exact) mass is 239 g/mol. The summed E-state index contributed by atoms with van der Waals surface area (Å²) < 4.78 is 0. The first-order chi connectivity index (χ1) is 8.09. The van der Waals surface area contributed by atoms with Crippen molar-refractivity contribution in [1.82, 2.24) is 15.5 Å². The summed E-state index contributed by atoms with van der Waals surface area (Å²) in [7, 11) is 0. The average Bonchev–Trinajstić information content (AvgIpc) is 2.34. The third-order valence-electron chi connectivity index (χ3n) is 3.35.